The number of rotatable bonds is 7. The van der Waals surface area contributed by atoms with Crippen molar-refractivity contribution < 1.29 is 23.8 Å². The lowest BCUT2D eigenvalue weighted by Gasteiger charge is -2.09. The Kier molecular flexibility index (Phi) is 7.07. The number of carbonyl (C=O) groups excluding carboxylic acids is 2. The maximum Gasteiger partial charge on any atom is 0.513 e. The van der Waals surface area contributed by atoms with Crippen LogP contribution in [0.3, 0.4) is 0 Å². The van der Waals surface area contributed by atoms with Gasteiger partial charge in [0.05, 0.1) is 17.5 Å². The van der Waals surface area contributed by atoms with E-state index in [1.165, 1.54) is 17.5 Å². The molecular formula is C24H19ClN2O5S. The molecule has 0 aliphatic carbocycles. The fourth-order valence-electron chi connectivity index (χ4n) is 3.05. The molecule has 0 unspecified atom stereocenters. The predicted octanol–water partition coefficient (Wildman–Crippen LogP) is 6.32. The third-order valence-electron chi connectivity index (χ3n) is 4.56. The smallest absolute Gasteiger partial charge is 0.489 e. The van der Waals surface area contributed by atoms with Crippen LogP contribution in [0.4, 0.5) is 10.5 Å². The number of nitrogens with one attached hydrogen (secondary N) is 1. The molecule has 0 aliphatic heterocycles. The van der Waals surface area contributed by atoms with Gasteiger partial charge in [0.15, 0.2) is 5.75 Å². The van der Waals surface area contributed by atoms with Gasteiger partial charge in [0.25, 0.3) is 5.91 Å². The minimum Gasteiger partial charge on any atom is -0.489 e. The number of thiophene rings is 1. The van der Waals surface area contributed by atoms with E-state index in [-0.39, 0.29) is 19.1 Å². The molecule has 2 aromatic heterocycles. The van der Waals surface area contributed by atoms with Gasteiger partial charge in [-0.3, -0.25) is 9.78 Å². The average Bonchev–Trinajstić information content (AvgIpc) is 3.22. The van der Waals surface area contributed by atoms with E-state index in [1.807, 2.05) is 5.38 Å². The topological polar surface area (TPSA) is 86.8 Å². The van der Waals surface area contributed by atoms with Crippen LogP contribution in [0.15, 0.2) is 66.3 Å². The van der Waals surface area contributed by atoms with Gasteiger partial charge in [-0.2, -0.15) is 0 Å². The number of hydrogen-bond acceptors (Lipinski definition) is 7. The summed E-state index contributed by atoms with van der Waals surface area (Å²) in [7, 11) is 0. The first-order valence-electron chi connectivity index (χ1n) is 10.0. The number of carbonyl (C=O) groups is 2. The summed E-state index contributed by atoms with van der Waals surface area (Å²) >= 11 is 7.39. The van der Waals surface area contributed by atoms with Crippen LogP contribution < -0.4 is 14.8 Å². The molecule has 4 aromatic rings. The van der Waals surface area contributed by atoms with Gasteiger partial charge < -0.3 is 19.5 Å². The summed E-state index contributed by atoms with van der Waals surface area (Å²) in [6, 6.07) is 13.8. The highest BCUT2D eigenvalue weighted by Gasteiger charge is 2.14. The molecule has 0 atom stereocenters. The molecule has 0 radical (unpaired) electrons. The number of nitrogens with zero attached hydrogens (tertiary/aromatic N) is 1. The van der Waals surface area contributed by atoms with E-state index in [4.69, 9.17) is 25.8 Å². The highest BCUT2D eigenvalue weighted by Crippen LogP contribution is 2.34. The number of benzene rings is 2. The first-order chi connectivity index (χ1) is 16.0. The van der Waals surface area contributed by atoms with E-state index >= 15 is 0 Å². The van der Waals surface area contributed by atoms with Crippen LogP contribution >= 0.6 is 22.9 Å². The van der Waals surface area contributed by atoms with Gasteiger partial charge in [-0.15, -0.1) is 11.3 Å². The van der Waals surface area contributed by atoms with Crippen LogP contribution in [0.1, 0.15) is 22.8 Å². The van der Waals surface area contributed by atoms with Gasteiger partial charge in [0, 0.05) is 39.5 Å². The van der Waals surface area contributed by atoms with E-state index in [1.54, 1.807) is 61.7 Å². The van der Waals surface area contributed by atoms with Crippen molar-refractivity contribution in [2.75, 3.05) is 11.9 Å². The highest BCUT2D eigenvalue weighted by molar-refractivity contribution is 7.17. The second-order valence-electron chi connectivity index (χ2n) is 6.84. The molecule has 1 amide bonds. The molecule has 2 heterocycles. The number of anilines is 1. The van der Waals surface area contributed by atoms with Gasteiger partial charge in [0.1, 0.15) is 12.4 Å². The SMILES string of the molecule is CCOC(=O)Oc1cncc2c(COc3cccc(NC(=O)c4cccc(Cl)c4)c3)csc12. The van der Waals surface area contributed by atoms with Crippen molar-refractivity contribution in [1.29, 1.82) is 0 Å². The summed E-state index contributed by atoms with van der Waals surface area (Å²) in [4.78, 5) is 28.3. The Morgan fingerprint density at radius 1 is 1.12 bits per heavy atom. The van der Waals surface area contributed by atoms with Crippen LogP contribution in [0.2, 0.25) is 5.02 Å². The Balaban J connectivity index is 1.44. The Bertz CT molecular complexity index is 1310. The number of amides is 1. The molecule has 4 rings (SSSR count). The number of halogens is 1. The molecule has 0 saturated heterocycles. The molecule has 0 aliphatic rings. The van der Waals surface area contributed by atoms with Gasteiger partial charge in [0.2, 0.25) is 0 Å². The average molecular weight is 483 g/mol. The summed E-state index contributed by atoms with van der Waals surface area (Å²) in [5.74, 6) is 0.664. The lowest BCUT2D eigenvalue weighted by atomic mass is 10.2. The first-order valence-corrected chi connectivity index (χ1v) is 11.3. The largest absolute Gasteiger partial charge is 0.513 e. The van der Waals surface area contributed by atoms with Crippen molar-refractivity contribution in [2.45, 2.75) is 13.5 Å². The summed E-state index contributed by atoms with van der Waals surface area (Å²) in [5, 5.41) is 6.08. The van der Waals surface area contributed by atoms with Crippen LogP contribution in [0.25, 0.3) is 10.1 Å². The summed E-state index contributed by atoms with van der Waals surface area (Å²) in [5.41, 5.74) is 1.96. The molecule has 2 aromatic carbocycles. The lowest BCUT2D eigenvalue weighted by Crippen LogP contribution is -2.11. The van der Waals surface area contributed by atoms with Crippen molar-refractivity contribution in [3.8, 4) is 11.5 Å². The zero-order valence-electron chi connectivity index (χ0n) is 17.5. The van der Waals surface area contributed by atoms with Crippen molar-refractivity contribution in [2.24, 2.45) is 0 Å². The number of fused-ring (bicyclic) bond motifs is 1. The molecule has 0 spiro atoms. The number of hydrogen-bond donors (Lipinski definition) is 1. The van der Waals surface area contributed by atoms with Crippen molar-refractivity contribution in [3.05, 3.63) is 82.5 Å². The van der Waals surface area contributed by atoms with Crippen molar-refractivity contribution >= 4 is 50.8 Å². The second-order valence-corrected chi connectivity index (χ2v) is 8.16. The molecule has 168 valence electrons. The van der Waals surface area contributed by atoms with E-state index in [9.17, 15) is 9.59 Å². The van der Waals surface area contributed by atoms with Gasteiger partial charge >= 0.3 is 6.16 Å². The molecule has 0 bridgehead atoms. The summed E-state index contributed by atoms with van der Waals surface area (Å²) in [6.45, 7) is 2.21. The molecule has 1 N–H and O–H groups in total. The molecule has 33 heavy (non-hydrogen) atoms. The quantitative estimate of drug-likeness (QED) is 0.310. The fourth-order valence-corrected chi connectivity index (χ4v) is 4.22. The van der Waals surface area contributed by atoms with Crippen molar-refractivity contribution in [3.63, 3.8) is 0 Å². The minimum atomic E-state index is -0.769. The molecule has 7 nitrogen and oxygen atoms in total. The Labute approximate surface area is 198 Å². The third kappa shape index (κ3) is 5.60. The highest BCUT2D eigenvalue weighted by atomic mass is 35.5. The van der Waals surface area contributed by atoms with Crippen LogP contribution in [-0.4, -0.2) is 23.7 Å². The number of pyridine rings is 1. The van der Waals surface area contributed by atoms with Gasteiger partial charge in [-0.05, 0) is 42.6 Å². The first kappa shape index (κ1) is 22.6. The predicted molar refractivity (Wildman–Crippen MR) is 127 cm³/mol. The normalized spacial score (nSPS) is 10.6. The Hall–Kier alpha value is -3.62. The molecule has 0 saturated carbocycles. The third-order valence-corrected chi connectivity index (χ3v) is 5.85. The lowest BCUT2D eigenvalue weighted by molar-refractivity contribution is 0.102. The van der Waals surface area contributed by atoms with E-state index < -0.39 is 6.16 Å². The zero-order valence-corrected chi connectivity index (χ0v) is 19.1. The Morgan fingerprint density at radius 2 is 1.97 bits per heavy atom. The summed E-state index contributed by atoms with van der Waals surface area (Å²) < 4.78 is 16.8. The van der Waals surface area contributed by atoms with Crippen molar-refractivity contribution in [1.82, 2.24) is 4.98 Å². The maximum atomic E-state index is 12.5. The van der Waals surface area contributed by atoms with E-state index in [2.05, 4.69) is 10.3 Å². The second kappa shape index (κ2) is 10.3. The molecule has 9 heteroatoms. The molecule has 0 fully saturated rings. The summed E-state index contributed by atoms with van der Waals surface area (Å²) in [6.07, 6.45) is 2.41. The van der Waals surface area contributed by atoms with Gasteiger partial charge in [-0.1, -0.05) is 23.7 Å². The van der Waals surface area contributed by atoms with Crippen LogP contribution in [0.5, 0.6) is 11.5 Å². The number of ether oxygens (including phenoxy) is 3. The van der Waals surface area contributed by atoms with E-state index in [0.29, 0.717) is 27.8 Å². The fraction of sp³-hybridized carbons (Fsp3) is 0.125. The number of aromatic nitrogens is 1. The zero-order chi connectivity index (χ0) is 23.2. The van der Waals surface area contributed by atoms with E-state index in [0.717, 1.165) is 15.6 Å². The van der Waals surface area contributed by atoms with Gasteiger partial charge in [-0.25, -0.2) is 4.79 Å². The monoisotopic (exact) mass is 482 g/mol. The van der Waals surface area contributed by atoms with Crippen LogP contribution in [-0.2, 0) is 11.3 Å². The minimum absolute atomic E-state index is 0.227. The molecular weight excluding hydrogens is 464 g/mol. The maximum absolute atomic E-state index is 12.5. The Morgan fingerprint density at radius 3 is 2.79 bits per heavy atom. The standard InChI is InChI=1S/C24H19ClN2O5S/c1-2-30-24(29)32-21-12-26-11-20-16(14-33-22(20)21)13-31-19-8-4-7-18(10-19)27-23(28)15-5-3-6-17(25)9-15/h3-12,14H,2,13H2,1H3,(H,27,28). The van der Waals surface area contributed by atoms with Crippen LogP contribution in [0, 0.1) is 0 Å².